The molecule has 4 rings (SSSR count). The second-order valence-electron chi connectivity index (χ2n) is 5.93. The fraction of sp³-hybridized carbons (Fsp3) is 0.100. The summed E-state index contributed by atoms with van der Waals surface area (Å²) in [6, 6.07) is 24.0. The van der Waals surface area contributed by atoms with Crippen LogP contribution in [0.3, 0.4) is 0 Å². The first-order valence-corrected chi connectivity index (χ1v) is 9.67. The van der Waals surface area contributed by atoms with Gasteiger partial charge >= 0.3 is 0 Å². The lowest BCUT2D eigenvalue weighted by Crippen LogP contribution is -2.16. The lowest BCUT2D eigenvalue weighted by molar-refractivity contribution is 1.12. The molecule has 2 nitrogen and oxygen atoms in total. The van der Waals surface area contributed by atoms with Gasteiger partial charge in [0.1, 0.15) is 0 Å². The molecular formula is C20H17IN2S. The van der Waals surface area contributed by atoms with Crippen LogP contribution in [0.4, 0.5) is 22.7 Å². The summed E-state index contributed by atoms with van der Waals surface area (Å²) < 4.78 is 1.24. The Morgan fingerprint density at radius 3 is 2.00 bits per heavy atom. The highest BCUT2D eigenvalue weighted by molar-refractivity contribution is 14.1. The van der Waals surface area contributed by atoms with E-state index in [0.717, 1.165) is 0 Å². The van der Waals surface area contributed by atoms with Gasteiger partial charge in [0.2, 0.25) is 0 Å². The van der Waals surface area contributed by atoms with Crippen molar-refractivity contribution in [2.75, 3.05) is 23.9 Å². The van der Waals surface area contributed by atoms with Gasteiger partial charge in [0, 0.05) is 38.8 Å². The van der Waals surface area contributed by atoms with E-state index in [1.54, 1.807) is 0 Å². The van der Waals surface area contributed by atoms with Crippen LogP contribution in [0.5, 0.6) is 0 Å². The van der Waals surface area contributed by atoms with Crippen molar-refractivity contribution in [1.82, 2.24) is 0 Å². The van der Waals surface area contributed by atoms with Gasteiger partial charge in [-0.3, -0.25) is 0 Å². The molecule has 0 aromatic heterocycles. The molecule has 0 N–H and O–H groups in total. The van der Waals surface area contributed by atoms with Gasteiger partial charge in [0.25, 0.3) is 0 Å². The summed E-state index contributed by atoms with van der Waals surface area (Å²) in [6.07, 6.45) is 0. The van der Waals surface area contributed by atoms with Crippen molar-refractivity contribution in [3.05, 3.63) is 70.3 Å². The Morgan fingerprint density at radius 2 is 1.42 bits per heavy atom. The molecule has 0 atom stereocenters. The average molecular weight is 444 g/mol. The molecule has 0 bridgehead atoms. The van der Waals surface area contributed by atoms with Crippen molar-refractivity contribution in [3.8, 4) is 0 Å². The maximum Gasteiger partial charge on any atom is 0.0601 e. The molecule has 0 unspecified atom stereocenters. The lowest BCUT2D eigenvalue weighted by Gasteiger charge is -2.33. The summed E-state index contributed by atoms with van der Waals surface area (Å²) >= 11 is 4.24. The van der Waals surface area contributed by atoms with Crippen molar-refractivity contribution in [3.63, 3.8) is 0 Å². The highest BCUT2D eigenvalue weighted by Crippen LogP contribution is 2.51. The van der Waals surface area contributed by atoms with Crippen molar-refractivity contribution < 1.29 is 0 Å². The number of anilines is 4. The van der Waals surface area contributed by atoms with E-state index in [2.05, 4.69) is 113 Å². The second kappa shape index (κ2) is 6.33. The topological polar surface area (TPSA) is 6.48 Å². The molecule has 0 fully saturated rings. The molecular weight excluding hydrogens is 427 g/mol. The molecule has 0 amide bonds. The fourth-order valence-electron chi connectivity index (χ4n) is 2.93. The first kappa shape index (κ1) is 15.8. The van der Waals surface area contributed by atoms with Crippen LogP contribution in [-0.2, 0) is 0 Å². The molecule has 3 aromatic rings. The maximum atomic E-state index is 2.40. The Balaban J connectivity index is 1.95. The van der Waals surface area contributed by atoms with E-state index in [1.165, 1.54) is 36.1 Å². The monoisotopic (exact) mass is 444 g/mol. The first-order chi connectivity index (χ1) is 11.6. The summed E-state index contributed by atoms with van der Waals surface area (Å²) in [6.45, 7) is 0. The Bertz CT molecular complexity index is 862. The third-order valence-corrected chi connectivity index (χ3v) is 5.83. The molecule has 1 aliphatic heterocycles. The Labute approximate surface area is 160 Å². The molecule has 0 saturated carbocycles. The molecule has 3 aromatic carbocycles. The standard InChI is InChI=1S/C20H17IN2S/c1-22(2)15-11-14(21)12-16(13-15)23-17-7-3-5-9-19(17)24-20-10-6-4-8-18(20)23/h3-13H,1-2H3. The van der Waals surface area contributed by atoms with Crippen molar-refractivity contribution in [1.29, 1.82) is 0 Å². The average Bonchev–Trinajstić information content (AvgIpc) is 2.59. The van der Waals surface area contributed by atoms with E-state index >= 15 is 0 Å². The van der Waals surface area contributed by atoms with Crippen LogP contribution in [0.25, 0.3) is 0 Å². The quantitative estimate of drug-likeness (QED) is 0.336. The fourth-order valence-corrected chi connectivity index (χ4v) is 4.63. The van der Waals surface area contributed by atoms with Gasteiger partial charge in [-0.1, -0.05) is 36.0 Å². The molecule has 1 heterocycles. The summed E-state index contributed by atoms with van der Waals surface area (Å²) in [5.41, 5.74) is 4.90. The molecule has 24 heavy (non-hydrogen) atoms. The summed E-state index contributed by atoms with van der Waals surface area (Å²) in [5, 5.41) is 0. The molecule has 0 radical (unpaired) electrons. The molecule has 1 aliphatic rings. The lowest BCUT2D eigenvalue weighted by atomic mass is 10.1. The Morgan fingerprint density at radius 1 is 0.833 bits per heavy atom. The smallest absolute Gasteiger partial charge is 0.0601 e. The van der Waals surface area contributed by atoms with Gasteiger partial charge in [0.15, 0.2) is 0 Å². The normalized spacial score (nSPS) is 12.5. The van der Waals surface area contributed by atoms with Gasteiger partial charge in [-0.25, -0.2) is 0 Å². The predicted molar refractivity (Wildman–Crippen MR) is 112 cm³/mol. The van der Waals surface area contributed by atoms with Crippen LogP contribution in [-0.4, -0.2) is 14.1 Å². The van der Waals surface area contributed by atoms with Crippen LogP contribution >= 0.6 is 34.4 Å². The zero-order valence-corrected chi connectivity index (χ0v) is 16.5. The third kappa shape index (κ3) is 2.78. The SMILES string of the molecule is CN(C)c1cc(I)cc(N2c3ccccc3Sc3ccccc32)c1. The van der Waals surface area contributed by atoms with Gasteiger partial charge in [-0.15, -0.1) is 0 Å². The largest absolute Gasteiger partial charge is 0.378 e. The van der Waals surface area contributed by atoms with Crippen LogP contribution in [0.1, 0.15) is 0 Å². The van der Waals surface area contributed by atoms with Crippen LogP contribution in [0.15, 0.2) is 76.5 Å². The number of hydrogen-bond donors (Lipinski definition) is 0. The van der Waals surface area contributed by atoms with Gasteiger partial charge in [0.05, 0.1) is 11.4 Å². The van der Waals surface area contributed by atoms with Crippen molar-refractivity contribution >= 4 is 57.1 Å². The van der Waals surface area contributed by atoms with Crippen molar-refractivity contribution in [2.24, 2.45) is 0 Å². The summed E-state index contributed by atoms with van der Waals surface area (Å²) in [5.74, 6) is 0. The number of rotatable bonds is 2. The number of para-hydroxylation sites is 2. The van der Waals surface area contributed by atoms with E-state index in [1.807, 2.05) is 11.8 Å². The molecule has 0 spiro atoms. The molecule has 4 heteroatoms. The number of hydrogen-bond acceptors (Lipinski definition) is 3. The van der Waals surface area contributed by atoms with E-state index in [4.69, 9.17) is 0 Å². The number of benzene rings is 3. The number of halogens is 1. The summed E-state index contributed by atoms with van der Waals surface area (Å²) in [4.78, 5) is 7.11. The van der Waals surface area contributed by atoms with E-state index in [0.29, 0.717) is 0 Å². The van der Waals surface area contributed by atoms with E-state index < -0.39 is 0 Å². The Kier molecular flexibility index (Phi) is 4.18. The minimum absolute atomic E-state index is 1.20. The second-order valence-corrected chi connectivity index (χ2v) is 8.26. The minimum atomic E-state index is 1.20. The first-order valence-electron chi connectivity index (χ1n) is 7.77. The van der Waals surface area contributed by atoms with Crippen molar-refractivity contribution in [2.45, 2.75) is 9.79 Å². The van der Waals surface area contributed by atoms with E-state index in [9.17, 15) is 0 Å². The number of fused-ring (bicyclic) bond motifs is 2. The van der Waals surface area contributed by atoms with Crippen LogP contribution < -0.4 is 9.80 Å². The highest BCUT2D eigenvalue weighted by Gasteiger charge is 2.24. The zero-order chi connectivity index (χ0) is 16.7. The molecule has 0 aliphatic carbocycles. The van der Waals surface area contributed by atoms with Crippen LogP contribution in [0, 0.1) is 3.57 Å². The van der Waals surface area contributed by atoms with Crippen LogP contribution in [0.2, 0.25) is 0 Å². The Hall–Kier alpha value is -1.66. The molecule has 120 valence electrons. The minimum Gasteiger partial charge on any atom is -0.378 e. The number of nitrogens with zero attached hydrogens (tertiary/aromatic N) is 2. The summed E-state index contributed by atoms with van der Waals surface area (Å²) in [7, 11) is 4.17. The highest BCUT2D eigenvalue weighted by atomic mass is 127. The van der Waals surface area contributed by atoms with E-state index in [-0.39, 0.29) is 0 Å². The predicted octanol–water partition coefficient (Wildman–Crippen LogP) is 6.29. The zero-order valence-electron chi connectivity index (χ0n) is 13.5. The maximum absolute atomic E-state index is 2.40. The molecule has 0 saturated heterocycles. The van der Waals surface area contributed by atoms with Gasteiger partial charge in [-0.2, -0.15) is 0 Å². The third-order valence-electron chi connectivity index (χ3n) is 4.07. The van der Waals surface area contributed by atoms with Gasteiger partial charge in [-0.05, 0) is 65.1 Å². The van der Waals surface area contributed by atoms with Gasteiger partial charge < -0.3 is 9.80 Å².